The molecule has 3 aromatic rings. The van der Waals surface area contributed by atoms with Gasteiger partial charge < -0.3 is 29.6 Å². The van der Waals surface area contributed by atoms with Crippen LogP contribution < -0.4 is 10.1 Å². The highest BCUT2D eigenvalue weighted by molar-refractivity contribution is 5.91. The average Bonchev–Trinajstić information content (AvgIpc) is 3.40. The molecule has 0 spiro atoms. The van der Waals surface area contributed by atoms with Crippen LogP contribution in [0.15, 0.2) is 30.6 Å². The summed E-state index contributed by atoms with van der Waals surface area (Å²) in [6.07, 6.45) is 4.26. The molecule has 9 heteroatoms. The Bertz CT molecular complexity index is 1100. The monoisotopic (exact) mass is 440 g/mol. The number of H-pyrrole nitrogens is 1. The molecular weight excluding hydrogens is 412 g/mol. The highest BCUT2D eigenvalue weighted by atomic mass is 16.5. The molecule has 1 amide bonds. The number of methoxy groups -OCH3 is 1. The number of anilines is 1. The van der Waals surface area contributed by atoms with Gasteiger partial charge in [-0.05, 0) is 18.6 Å². The lowest BCUT2D eigenvalue weighted by atomic mass is 9.96. The van der Waals surface area contributed by atoms with Crippen molar-refractivity contribution in [1.29, 1.82) is 0 Å². The van der Waals surface area contributed by atoms with E-state index in [9.17, 15) is 9.90 Å². The minimum Gasteiger partial charge on any atom is -0.491 e. The van der Waals surface area contributed by atoms with Gasteiger partial charge >= 0.3 is 0 Å². The van der Waals surface area contributed by atoms with Crippen LogP contribution in [0.25, 0.3) is 10.9 Å². The van der Waals surface area contributed by atoms with Gasteiger partial charge in [0.15, 0.2) is 0 Å². The van der Waals surface area contributed by atoms with Gasteiger partial charge in [0.2, 0.25) is 5.91 Å². The average molecular weight is 441 g/mol. The topological polar surface area (TPSA) is 119 Å². The van der Waals surface area contributed by atoms with E-state index in [1.165, 1.54) is 6.92 Å². The zero-order valence-electron chi connectivity index (χ0n) is 18.5. The number of nitrogens with zero attached hydrogens (tertiary/aromatic N) is 2. The number of pyridine rings is 2. The van der Waals surface area contributed by atoms with Gasteiger partial charge in [-0.2, -0.15) is 0 Å². The van der Waals surface area contributed by atoms with Crippen molar-refractivity contribution in [3.63, 3.8) is 0 Å². The molecule has 0 unspecified atom stereocenters. The SMILES string of the molecule is CO[C@@]1(c2cc(OC[C@@H](C)O)cc(Cc3c[nH]c4cnc(NC(C)=O)cc34)n2)CCOC1. The first kappa shape index (κ1) is 22.2. The molecule has 3 aromatic heterocycles. The van der Waals surface area contributed by atoms with Crippen molar-refractivity contribution in [2.75, 3.05) is 32.2 Å². The number of fused-ring (bicyclic) bond motifs is 1. The lowest BCUT2D eigenvalue weighted by molar-refractivity contribution is -0.114. The van der Waals surface area contributed by atoms with E-state index in [-0.39, 0.29) is 12.5 Å². The second kappa shape index (κ2) is 9.23. The fourth-order valence-electron chi connectivity index (χ4n) is 3.87. The van der Waals surface area contributed by atoms with Gasteiger partial charge in [-0.1, -0.05) is 0 Å². The Hall–Kier alpha value is -3.01. The Morgan fingerprint density at radius 1 is 1.41 bits per heavy atom. The summed E-state index contributed by atoms with van der Waals surface area (Å²) < 4.78 is 17.2. The molecule has 32 heavy (non-hydrogen) atoms. The zero-order valence-corrected chi connectivity index (χ0v) is 18.5. The van der Waals surface area contributed by atoms with E-state index in [2.05, 4.69) is 15.3 Å². The number of aromatic nitrogens is 3. The maximum atomic E-state index is 11.4. The fraction of sp³-hybridized carbons (Fsp3) is 0.435. The number of carbonyl (C=O) groups is 1. The summed E-state index contributed by atoms with van der Waals surface area (Å²) >= 11 is 0. The van der Waals surface area contributed by atoms with E-state index in [4.69, 9.17) is 19.2 Å². The molecule has 0 saturated carbocycles. The van der Waals surface area contributed by atoms with Crippen molar-refractivity contribution in [3.05, 3.63) is 47.5 Å². The van der Waals surface area contributed by atoms with Gasteiger partial charge in [0.1, 0.15) is 23.8 Å². The quantitative estimate of drug-likeness (QED) is 0.492. The van der Waals surface area contributed by atoms with Crippen LogP contribution >= 0.6 is 0 Å². The zero-order chi connectivity index (χ0) is 22.7. The van der Waals surface area contributed by atoms with Gasteiger partial charge in [-0.3, -0.25) is 9.78 Å². The molecule has 9 nitrogen and oxygen atoms in total. The predicted molar refractivity (Wildman–Crippen MR) is 119 cm³/mol. The molecule has 0 radical (unpaired) electrons. The van der Waals surface area contributed by atoms with Crippen LogP contribution in [0.2, 0.25) is 0 Å². The third-order valence-electron chi connectivity index (χ3n) is 5.51. The number of aliphatic hydroxyl groups is 1. The molecule has 4 rings (SSSR count). The molecular formula is C23H28N4O5. The van der Waals surface area contributed by atoms with Crippen LogP contribution in [0.5, 0.6) is 5.75 Å². The van der Waals surface area contributed by atoms with E-state index < -0.39 is 11.7 Å². The number of hydrogen-bond donors (Lipinski definition) is 3. The summed E-state index contributed by atoms with van der Waals surface area (Å²) in [5, 5.41) is 13.3. The number of rotatable bonds is 8. The van der Waals surface area contributed by atoms with Gasteiger partial charge in [-0.15, -0.1) is 0 Å². The molecule has 0 aliphatic carbocycles. The number of amides is 1. The first-order valence-corrected chi connectivity index (χ1v) is 10.6. The standard InChI is InChI=1S/C23H28N4O5/c1-14(28)12-32-18-7-17(27-21(8-18)23(30-3)4-5-31-13-23)6-16-10-24-20-11-25-22(9-19(16)20)26-15(2)29/h7-11,14,24,28H,4-6,12-13H2,1-3H3,(H,25,26,29)/t14-,23+/m1/s1. The van der Waals surface area contributed by atoms with Crippen molar-refractivity contribution in [2.24, 2.45) is 0 Å². The summed E-state index contributed by atoms with van der Waals surface area (Å²) in [5.74, 6) is 0.941. The molecule has 0 bridgehead atoms. The molecule has 4 heterocycles. The normalized spacial score (nSPS) is 19.2. The van der Waals surface area contributed by atoms with Crippen molar-refractivity contribution in [2.45, 2.75) is 38.4 Å². The Labute approximate surface area is 186 Å². The molecule has 170 valence electrons. The lowest BCUT2D eigenvalue weighted by Gasteiger charge is -2.26. The van der Waals surface area contributed by atoms with E-state index in [0.717, 1.165) is 27.9 Å². The van der Waals surface area contributed by atoms with Crippen molar-refractivity contribution in [1.82, 2.24) is 15.0 Å². The van der Waals surface area contributed by atoms with E-state index in [0.29, 0.717) is 37.6 Å². The van der Waals surface area contributed by atoms with Crippen molar-refractivity contribution < 1.29 is 24.1 Å². The van der Waals surface area contributed by atoms with Crippen LogP contribution in [0.3, 0.4) is 0 Å². The van der Waals surface area contributed by atoms with Gasteiger partial charge in [0, 0.05) is 62.9 Å². The summed E-state index contributed by atoms with van der Waals surface area (Å²) in [4.78, 5) is 23.8. The summed E-state index contributed by atoms with van der Waals surface area (Å²) in [6, 6.07) is 5.58. The van der Waals surface area contributed by atoms with Crippen LogP contribution in [-0.4, -0.2) is 59.0 Å². The molecule has 1 fully saturated rings. The van der Waals surface area contributed by atoms with Gasteiger partial charge in [-0.25, -0.2) is 4.98 Å². The Morgan fingerprint density at radius 3 is 2.94 bits per heavy atom. The first-order valence-electron chi connectivity index (χ1n) is 10.6. The van der Waals surface area contributed by atoms with Crippen LogP contribution in [0, 0.1) is 0 Å². The Balaban J connectivity index is 1.70. The number of aliphatic hydroxyl groups excluding tert-OH is 1. The molecule has 1 aliphatic rings. The lowest BCUT2D eigenvalue weighted by Crippen LogP contribution is -2.30. The molecule has 2 atom stereocenters. The summed E-state index contributed by atoms with van der Waals surface area (Å²) in [6.45, 7) is 4.33. The molecule has 1 aliphatic heterocycles. The Morgan fingerprint density at radius 2 is 2.25 bits per heavy atom. The highest BCUT2D eigenvalue weighted by Gasteiger charge is 2.39. The van der Waals surface area contributed by atoms with E-state index >= 15 is 0 Å². The predicted octanol–water partition coefficient (Wildman–Crippen LogP) is 2.53. The largest absolute Gasteiger partial charge is 0.491 e. The van der Waals surface area contributed by atoms with Crippen molar-refractivity contribution in [3.8, 4) is 5.75 Å². The number of carbonyl (C=O) groups excluding carboxylic acids is 1. The van der Waals surface area contributed by atoms with Gasteiger partial charge in [0.05, 0.1) is 30.1 Å². The van der Waals surface area contributed by atoms with Crippen LogP contribution in [0.1, 0.15) is 37.2 Å². The third-order valence-corrected chi connectivity index (χ3v) is 5.51. The minimum absolute atomic E-state index is 0.174. The molecule has 0 aromatic carbocycles. The smallest absolute Gasteiger partial charge is 0.222 e. The molecule has 1 saturated heterocycles. The van der Waals surface area contributed by atoms with E-state index in [1.54, 1.807) is 20.2 Å². The number of aromatic amines is 1. The second-order valence-electron chi connectivity index (χ2n) is 8.13. The summed E-state index contributed by atoms with van der Waals surface area (Å²) in [7, 11) is 1.66. The number of hydrogen-bond acceptors (Lipinski definition) is 7. The minimum atomic E-state index is -0.623. The second-order valence-corrected chi connectivity index (χ2v) is 8.13. The number of ether oxygens (including phenoxy) is 3. The molecule has 3 N–H and O–H groups in total. The Kier molecular flexibility index (Phi) is 6.40. The van der Waals surface area contributed by atoms with E-state index in [1.807, 2.05) is 24.4 Å². The van der Waals surface area contributed by atoms with Crippen LogP contribution in [-0.2, 0) is 26.3 Å². The summed E-state index contributed by atoms with van der Waals surface area (Å²) in [5.41, 5.74) is 2.80. The van der Waals surface area contributed by atoms with Crippen LogP contribution in [0.4, 0.5) is 5.82 Å². The maximum absolute atomic E-state index is 11.4. The third kappa shape index (κ3) is 4.74. The fourth-order valence-corrected chi connectivity index (χ4v) is 3.87. The maximum Gasteiger partial charge on any atom is 0.222 e. The first-order chi connectivity index (χ1) is 15.4. The highest BCUT2D eigenvalue weighted by Crippen LogP contribution is 2.35. The number of nitrogens with one attached hydrogen (secondary N) is 2. The van der Waals surface area contributed by atoms with Gasteiger partial charge in [0.25, 0.3) is 0 Å². The van der Waals surface area contributed by atoms with Crippen molar-refractivity contribution >= 4 is 22.6 Å².